The Morgan fingerprint density at radius 2 is 2.09 bits per heavy atom. The Balaban J connectivity index is 1.27. The van der Waals surface area contributed by atoms with Crippen LogP contribution in [0.2, 0.25) is 0 Å². The molecule has 1 spiro atoms. The lowest BCUT2D eigenvalue weighted by Crippen LogP contribution is -2.29. The molecule has 1 amide bonds. The number of carbonyl (C=O) groups excluding carboxylic acids is 2. The first-order valence-corrected chi connectivity index (χ1v) is 11.2. The van der Waals surface area contributed by atoms with Crippen LogP contribution in [0.3, 0.4) is 0 Å². The predicted molar refractivity (Wildman–Crippen MR) is 119 cm³/mol. The summed E-state index contributed by atoms with van der Waals surface area (Å²) >= 11 is 0. The Hall–Kier alpha value is -3.29. The van der Waals surface area contributed by atoms with E-state index in [-0.39, 0.29) is 17.1 Å². The number of carbonyl (C=O) groups is 2. The van der Waals surface area contributed by atoms with E-state index in [4.69, 9.17) is 4.98 Å². The number of nitrogens with one attached hydrogen (secondary N) is 1. The van der Waals surface area contributed by atoms with Crippen LogP contribution in [0.15, 0.2) is 30.6 Å². The van der Waals surface area contributed by atoms with Crippen molar-refractivity contribution in [3.63, 3.8) is 0 Å². The van der Waals surface area contributed by atoms with E-state index in [0.717, 1.165) is 60.0 Å². The molecule has 1 unspecified atom stereocenters. The zero-order chi connectivity index (χ0) is 22.1. The second-order valence-electron chi connectivity index (χ2n) is 10.1. The van der Waals surface area contributed by atoms with Crippen LogP contribution in [0.5, 0.6) is 0 Å². The topological polar surface area (TPSA) is 92.5 Å². The third kappa shape index (κ3) is 2.92. The molecule has 32 heavy (non-hydrogen) atoms. The SMILES string of the molecule is CC1(C)C(=O)Cc2cc(Cc3nc4c(N5CCC6(CNC(=O)C6)C5)nccn4n3)ccc21. The van der Waals surface area contributed by atoms with Gasteiger partial charge in [0.05, 0.1) is 0 Å². The Morgan fingerprint density at radius 3 is 2.91 bits per heavy atom. The van der Waals surface area contributed by atoms with Crippen molar-refractivity contribution < 1.29 is 9.59 Å². The van der Waals surface area contributed by atoms with Gasteiger partial charge in [-0.3, -0.25) is 9.59 Å². The number of benzene rings is 1. The van der Waals surface area contributed by atoms with Crippen molar-refractivity contribution in [1.82, 2.24) is 24.9 Å². The molecule has 0 bridgehead atoms. The Morgan fingerprint density at radius 1 is 1.22 bits per heavy atom. The average molecular weight is 431 g/mol. The van der Waals surface area contributed by atoms with Gasteiger partial charge in [0.2, 0.25) is 5.91 Å². The molecule has 8 nitrogen and oxygen atoms in total. The number of fused-ring (bicyclic) bond motifs is 2. The van der Waals surface area contributed by atoms with E-state index in [1.165, 1.54) is 0 Å². The maximum absolute atomic E-state index is 12.4. The monoisotopic (exact) mass is 430 g/mol. The molecular formula is C24H26N6O2. The van der Waals surface area contributed by atoms with Crippen molar-refractivity contribution in [2.75, 3.05) is 24.5 Å². The first-order valence-electron chi connectivity index (χ1n) is 11.2. The standard InChI is InChI=1S/C24H26N6O2/c1-23(2)17-4-3-15(9-16(17)11-18(23)31)10-19-27-22-21(25-6-8-30(22)28-19)29-7-5-24(14-29)12-20(32)26-13-24/h3-4,6,8-9H,5,7,10-14H2,1-2H3,(H,26,32). The predicted octanol–water partition coefficient (Wildman–Crippen LogP) is 1.83. The number of aromatic nitrogens is 4. The average Bonchev–Trinajstić information content (AvgIpc) is 3.49. The Kier molecular flexibility index (Phi) is 4.00. The molecule has 4 heterocycles. The van der Waals surface area contributed by atoms with E-state index in [1.54, 1.807) is 10.7 Å². The summed E-state index contributed by atoms with van der Waals surface area (Å²) in [5.74, 6) is 1.97. The summed E-state index contributed by atoms with van der Waals surface area (Å²) in [6.07, 6.45) is 6.24. The highest BCUT2D eigenvalue weighted by atomic mass is 16.2. The van der Waals surface area contributed by atoms with E-state index >= 15 is 0 Å². The number of hydrogen-bond acceptors (Lipinski definition) is 6. The number of nitrogens with zero attached hydrogens (tertiary/aromatic N) is 5. The van der Waals surface area contributed by atoms with E-state index in [0.29, 0.717) is 19.3 Å². The molecule has 2 fully saturated rings. The lowest BCUT2D eigenvalue weighted by Gasteiger charge is -2.22. The lowest BCUT2D eigenvalue weighted by atomic mass is 9.85. The largest absolute Gasteiger partial charge is 0.355 e. The quantitative estimate of drug-likeness (QED) is 0.682. The normalized spacial score (nSPS) is 24.0. The molecule has 1 atom stereocenters. The van der Waals surface area contributed by atoms with Gasteiger partial charge in [-0.05, 0) is 37.0 Å². The number of ketones is 1. The molecule has 6 rings (SSSR count). The minimum absolute atomic E-state index is 0.00404. The van der Waals surface area contributed by atoms with E-state index in [9.17, 15) is 9.59 Å². The summed E-state index contributed by atoms with van der Waals surface area (Å²) in [4.78, 5) is 35.8. The van der Waals surface area contributed by atoms with Crippen LogP contribution in [0.1, 0.15) is 49.2 Å². The molecule has 1 aromatic carbocycles. The molecule has 3 aromatic rings. The van der Waals surface area contributed by atoms with Crippen molar-refractivity contribution in [3.8, 4) is 0 Å². The van der Waals surface area contributed by atoms with Gasteiger partial charge in [0.25, 0.3) is 0 Å². The molecule has 0 saturated carbocycles. The van der Waals surface area contributed by atoms with Gasteiger partial charge in [-0.15, -0.1) is 0 Å². The van der Waals surface area contributed by atoms with Gasteiger partial charge >= 0.3 is 0 Å². The fourth-order valence-electron chi connectivity index (χ4n) is 5.54. The van der Waals surface area contributed by atoms with Crippen molar-refractivity contribution in [2.24, 2.45) is 5.41 Å². The molecule has 2 aliphatic heterocycles. The van der Waals surface area contributed by atoms with Gasteiger partial charge in [0.1, 0.15) is 5.78 Å². The highest BCUT2D eigenvalue weighted by Crippen LogP contribution is 2.39. The maximum Gasteiger partial charge on any atom is 0.220 e. The molecule has 1 aliphatic carbocycles. The van der Waals surface area contributed by atoms with Gasteiger partial charge in [-0.2, -0.15) is 5.10 Å². The molecule has 0 radical (unpaired) electrons. The van der Waals surface area contributed by atoms with Gasteiger partial charge in [-0.1, -0.05) is 18.2 Å². The molecule has 2 saturated heterocycles. The summed E-state index contributed by atoms with van der Waals surface area (Å²) in [6.45, 7) is 6.40. The van der Waals surface area contributed by atoms with Gasteiger partial charge in [0.15, 0.2) is 17.3 Å². The third-order valence-corrected chi connectivity index (χ3v) is 7.47. The molecular weight excluding hydrogens is 404 g/mol. The van der Waals surface area contributed by atoms with Crippen LogP contribution in [-0.2, 0) is 27.8 Å². The summed E-state index contributed by atoms with van der Waals surface area (Å²) in [5, 5.41) is 7.66. The number of anilines is 1. The molecule has 1 N–H and O–H groups in total. The van der Waals surface area contributed by atoms with Gasteiger partial charge in [-0.25, -0.2) is 14.5 Å². The number of Topliss-reactive ketones (excluding diaryl/α,β-unsaturated/α-hetero) is 1. The van der Waals surface area contributed by atoms with Crippen LogP contribution >= 0.6 is 0 Å². The van der Waals surface area contributed by atoms with E-state index in [2.05, 4.69) is 38.5 Å². The summed E-state index contributed by atoms with van der Waals surface area (Å²) in [6, 6.07) is 6.29. The van der Waals surface area contributed by atoms with E-state index < -0.39 is 5.41 Å². The molecule has 2 aromatic heterocycles. The minimum Gasteiger partial charge on any atom is -0.355 e. The summed E-state index contributed by atoms with van der Waals surface area (Å²) < 4.78 is 1.79. The second-order valence-corrected chi connectivity index (χ2v) is 10.1. The summed E-state index contributed by atoms with van der Waals surface area (Å²) in [5.41, 5.74) is 3.70. The van der Waals surface area contributed by atoms with Crippen molar-refractivity contribution in [2.45, 2.75) is 44.9 Å². The van der Waals surface area contributed by atoms with Crippen molar-refractivity contribution in [1.29, 1.82) is 0 Å². The van der Waals surface area contributed by atoms with Crippen molar-refractivity contribution in [3.05, 3.63) is 53.1 Å². The number of rotatable bonds is 3. The fourth-order valence-corrected chi connectivity index (χ4v) is 5.54. The molecule has 8 heteroatoms. The van der Waals surface area contributed by atoms with E-state index in [1.807, 2.05) is 20.0 Å². The molecule has 164 valence electrons. The first-order chi connectivity index (χ1) is 15.3. The fraction of sp³-hybridized carbons (Fsp3) is 0.458. The summed E-state index contributed by atoms with van der Waals surface area (Å²) in [7, 11) is 0. The van der Waals surface area contributed by atoms with Crippen molar-refractivity contribution >= 4 is 23.2 Å². The first kappa shape index (κ1) is 19.4. The lowest BCUT2D eigenvalue weighted by molar-refractivity contribution is -0.122. The highest BCUT2D eigenvalue weighted by molar-refractivity contribution is 5.95. The third-order valence-electron chi connectivity index (χ3n) is 7.47. The molecule has 3 aliphatic rings. The second kappa shape index (κ2) is 6.60. The Labute approximate surface area is 186 Å². The maximum atomic E-state index is 12.4. The van der Waals surface area contributed by atoms with Gasteiger partial charge in [0, 0.05) is 62.1 Å². The van der Waals surface area contributed by atoms with Crippen LogP contribution in [0.25, 0.3) is 5.65 Å². The Bertz CT molecular complexity index is 1280. The van der Waals surface area contributed by atoms with Crippen LogP contribution in [0, 0.1) is 5.41 Å². The van der Waals surface area contributed by atoms with Gasteiger partial charge < -0.3 is 10.2 Å². The number of hydrogen-bond donors (Lipinski definition) is 1. The number of amides is 1. The zero-order valence-electron chi connectivity index (χ0n) is 18.4. The van der Waals surface area contributed by atoms with Crippen LogP contribution in [0.4, 0.5) is 5.82 Å². The zero-order valence-corrected chi connectivity index (χ0v) is 18.4. The minimum atomic E-state index is -0.400. The highest BCUT2D eigenvalue weighted by Gasteiger charge is 2.44. The van der Waals surface area contributed by atoms with Crippen LogP contribution in [-0.4, -0.2) is 50.9 Å². The smallest absolute Gasteiger partial charge is 0.220 e. The van der Waals surface area contributed by atoms with Crippen LogP contribution < -0.4 is 10.2 Å².